The number of nitrogens with one attached hydrogen (secondary N) is 1. The van der Waals surface area contributed by atoms with Gasteiger partial charge in [0.2, 0.25) is 0 Å². The molecule has 0 radical (unpaired) electrons. The molecule has 4 nitrogen and oxygen atoms in total. The number of anilines is 1. The van der Waals surface area contributed by atoms with Crippen molar-refractivity contribution in [2.75, 3.05) is 5.32 Å². The summed E-state index contributed by atoms with van der Waals surface area (Å²) in [5, 5.41) is 2.85. The number of amides is 1. The van der Waals surface area contributed by atoms with E-state index < -0.39 is 0 Å². The van der Waals surface area contributed by atoms with E-state index >= 15 is 0 Å². The molecule has 0 spiro atoms. The van der Waals surface area contributed by atoms with Crippen molar-refractivity contribution in [3.8, 4) is 0 Å². The maximum absolute atomic E-state index is 12.2. The summed E-state index contributed by atoms with van der Waals surface area (Å²) in [6.07, 6.45) is 1.23. The van der Waals surface area contributed by atoms with E-state index in [0.29, 0.717) is 5.56 Å². The van der Waals surface area contributed by atoms with Gasteiger partial charge >= 0.3 is 0 Å². The Morgan fingerprint density at radius 3 is 2.53 bits per heavy atom. The van der Waals surface area contributed by atoms with Crippen LogP contribution >= 0.6 is 45.8 Å². The van der Waals surface area contributed by atoms with E-state index in [9.17, 15) is 4.79 Å². The van der Waals surface area contributed by atoms with Crippen molar-refractivity contribution in [3.63, 3.8) is 0 Å². The summed E-state index contributed by atoms with van der Waals surface area (Å²) in [4.78, 5) is 19.8. The van der Waals surface area contributed by atoms with Crippen LogP contribution in [-0.2, 0) is 0 Å². The molecule has 0 atom stereocenters. The maximum Gasteiger partial charge on any atom is 0.256 e. The van der Waals surface area contributed by atoms with E-state index in [1.54, 1.807) is 6.07 Å². The molecule has 1 heterocycles. The first-order valence-electron chi connectivity index (χ1n) is 5.23. The van der Waals surface area contributed by atoms with Crippen LogP contribution in [0.15, 0.2) is 24.5 Å². The standard InChI is InChI=1S/C12H8Cl2IN3O/c1-6-3-2-4-7(8(6)15)12(19)18-9-10(13)16-5-17-11(9)14/h2-5H,1H3,(H,18,19). The molecular weight excluding hydrogens is 400 g/mol. The van der Waals surface area contributed by atoms with Gasteiger partial charge in [0, 0.05) is 3.57 Å². The van der Waals surface area contributed by atoms with Crippen LogP contribution in [0.3, 0.4) is 0 Å². The molecule has 0 saturated heterocycles. The topological polar surface area (TPSA) is 54.9 Å². The Balaban J connectivity index is 2.34. The van der Waals surface area contributed by atoms with Gasteiger partial charge in [0.1, 0.15) is 12.0 Å². The minimum Gasteiger partial charge on any atom is -0.317 e. The number of rotatable bonds is 2. The zero-order valence-electron chi connectivity index (χ0n) is 9.75. The van der Waals surface area contributed by atoms with Gasteiger partial charge in [-0.15, -0.1) is 0 Å². The molecule has 1 aromatic carbocycles. The first kappa shape index (κ1) is 14.5. The highest BCUT2D eigenvalue weighted by Gasteiger charge is 2.15. The summed E-state index contributed by atoms with van der Waals surface area (Å²) in [6, 6.07) is 5.48. The Morgan fingerprint density at radius 2 is 1.89 bits per heavy atom. The van der Waals surface area contributed by atoms with Crippen LogP contribution in [0.4, 0.5) is 5.69 Å². The van der Waals surface area contributed by atoms with E-state index in [1.165, 1.54) is 6.33 Å². The Bertz CT molecular complexity index is 629. The third kappa shape index (κ3) is 3.16. The predicted octanol–water partition coefficient (Wildman–Crippen LogP) is 3.95. The molecule has 0 bridgehead atoms. The molecule has 1 aromatic heterocycles. The molecule has 0 aliphatic carbocycles. The zero-order chi connectivity index (χ0) is 14.0. The molecule has 0 fully saturated rings. The number of hydrogen-bond acceptors (Lipinski definition) is 3. The van der Waals surface area contributed by atoms with Crippen LogP contribution in [0, 0.1) is 10.5 Å². The quantitative estimate of drug-likeness (QED) is 0.605. The molecule has 1 amide bonds. The number of nitrogens with zero attached hydrogens (tertiary/aromatic N) is 2. The van der Waals surface area contributed by atoms with Crippen molar-refractivity contribution in [1.29, 1.82) is 0 Å². The summed E-state index contributed by atoms with van der Waals surface area (Å²) in [6.45, 7) is 1.93. The SMILES string of the molecule is Cc1cccc(C(=O)Nc2c(Cl)ncnc2Cl)c1I. The second-order valence-electron chi connectivity index (χ2n) is 3.72. The predicted molar refractivity (Wildman–Crippen MR) is 83.9 cm³/mol. The van der Waals surface area contributed by atoms with Crippen molar-refractivity contribution in [1.82, 2.24) is 9.97 Å². The highest BCUT2D eigenvalue weighted by atomic mass is 127. The normalized spacial score (nSPS) is 10.3. The highest BCUT2D eigenvalue weighted by molar-refractivity contribution is 14.1. The minimum atomic E-state index is -0.299. The van der Waals surface area contributed by atoms with Crippen molar-refractivity contribution in [2.24, 2.45) is 0 Å². The third-order valence-corrected chi connectivity index (χ3v) is 4.43. The van der Waals surface area contributed by atoms with Gasteiger partial charge in [-0.2, -0.15) is 0 Å². The minimum absolute atomic E-state index is 0.107. The molecular formula is C12H8Cl2IN3O. The average molecular weight is 408 g/mol. The average Bonchev–Trinajstić information content (AvgIpc) is 2.37. The second kappa shape index (κ2) is 6.02. The van der Waals surface area contributed by atoms with Gasteiger partial charge in [-0.3, -0.25) is 4.79 Å². The molecule has 0 aliphatic heterocycles. The van der Waals surface area contributed by atoms with Crippen LogP contribution < -0.4 is 5.32 Å². The number of halogens is 3. The number of aryl methyl sites for hydroxylation is 1. The second-order valence-corrected chi connectivity index (χ2v) is 5.52. The fourth-order valence-corrected chi connectivity index (χ4v) is 2.46. The Morgan fingerprint density at radius 1 is 1.26 bits per heavy atom. The third-order valence-electron chi connectivity index (χ3n) is 2.43. The van der Waals surface area contributed by atoms with Crippen molar-refractivity contribution >= 4 is 57.4 Å². The molecule has 0 unspecified atom stereocenters. The Kier molecular flexibility index (Phi) is 4.59. The fraction of sp³-hybridized carbons (Fsp3) is 0.0833. The zero-order valence-corrected chi connectivity index (χ0v) is 13.4. The van der Waals surface area contributed by atoms with Crippen LogP contribution in [0.2, 0.25) is 10.3 Å². The van der Waals surface area contributed by atoms with E-state index in [0.717, 1.165) is 9.13 Å². The molecule has 98 valence electrons. The van der Waals surface area contributed by atoms with Crippen molar-refractivity contribution < 1.29 is 4.79 Å². The first-order valence-corrected chi connectivity index (χ1v) is 7.06. The van der Waals surface area contributed by atoms with Gasteiger partial charge in [0.25, 0.3) is 5.91 Å². The first-order chi connectivity index (χ1) is 9.00. The van der Waals surface area contributed by atoms with Crippen LogP contribution in [-0.4, -0.2) is 15.9 Å². The monoisotopic (exact) mass is 407 g/mol. The van der Waals surface area contributed by atoms with Crippen LogP contribution in [0.5, 0.6) is 0 Å². The van der Waals surface area contributed by atoms with Gasteiger partial charge in [0.15, 0.2) is 10.3 Å². The van der Waals surface area contributed by atoms with E-state index in [1.807, 2.05) is 19.1 Å². The summed E-state index contributed by atoms with van der Waals surface area (Å²) in [7, 11) is 0. The molecule has 1 N–H and O–H groups in total. The van der Waals surface area contributed by atoms with E-state index in [4.69, 9.17) is 23.2 Å². The Hall–Kier alpha value is -0.920. The number of benzene rings is 1. The van der Waals surface area contributed by atoms with Crippen molar-refractivity contribution in [2.45, 2.75) is 6.92 Å². The number of carbonyl (C=O) groups is 1. The molecule has 0 saturated carbocycles. The fourth-order valence-electron chi connectivity index (χ4n) is 1.45. The van der Waals surface area contributed by atoms with Gasteiger partial charge in [-0.25, -0.2) is 9.97 Å². The molecule has 7 heteroatoms. The lowest BCUT2D eigenvalue weighted by Crippen LogP contribution is -2.15. The molecule has 2 aromatic rings. The van der Waals surface area contributed by atoms with Gasteiger partial charge < -0.3 is 5.32 Å². The maximum atomic E-state index is 12.2. The molecule has 0 aliphatic rings. The number of aromatic nitrogens is 2. The van der Waals surface area contributed by atoms with Gasteiger partial charge in [-0.1, -0.05) is 35.3 Å². The molecule has 2 rings (SSSR count). The summed E-state index contributed by atoms with van der Waals surface area (Å²) in [5.74, 6) is -0.299. The van der Waals surface area contributed by atoms with Crippen LogP contribution in [0.1, 0.15) is 15.9 Å². The summed E-state index contributed by atoms with van der Waals surface area (Å²) < 4.78 is 0.877. The Labute approximate surface area is 133 Å². The largest absolute Gasteiger partial charge is 0.317 e. The van der Waals surface area contributed by atoms with Gasteiger partial charge in [0.05, 0.1) is 5.56 Å². The highest BCUT2D eigenvalue weighted by Crippen LogP contribution is 2.27. The lowest BCUT2D eigenvalue weighted by Gasteiger charge is -2.10. The number of carbonyl (C=O) groups excluding carboxylic acids is 1. The number of hydrogen-bond donors (Lipinski definition) is 1. The van der Waals surface area contributed by atoms with Gasteiger partial charge in [-0.05, 0) is 41.1 Å². The van der Waals surface area contributed by atoms with E-state index in [-0.39, 0.29) is 21.9 Å². The molecule has 19 heavy (non-hydrogen) atoms. The van der Waals surface area contributed by atoms with Crippen LogP contribution in [0.25, 0.3) is 0 Å². The summed E-state index contributed by atoms with van der Waals surface area (Å²) >= 11 is 13.9. The lowest BCUT2D eigenvalue weighted by atomic mass is 10.1. The smallest absolute Gasteiger partial charge is 0.256 e. The van der Waals surface area contributed by atoms with Crippen molar-refractivity contribution in [3.05, 3.63) is 49.5 Å². The van der Waals surface area contributed by atoms with E-state index in [2.05, 4.69) is 37.9 Å². The summed E-state index contributed by atoms with van der Waals surface area (Å²) in [5.41, 5.74) is 1.79. The lowest BCUT2D eigenvalue weighted by molar-refractivity contribution is 0.102.